The zero-order chi connectivity index (χ0) is 19.9. The first-order valence-corrected chi connectivity index (χ1v) is 9.60. The maximum Gasteiger partial charge on any atom is 0.342 e. The molecule has 7 heteroatoms. The molecule has 2 aromatic carbocycles. The maximum absolute atomic E-state index is 12.2. The van der Waals surface area contributed by atoms with Crippen LogP contribution in [0.2, 0.25) is 5.02 Å². The second-order valence-electron chi connectivity index (χ2n) is 6.56. The molecule has 1 aliphatic heterocycles. The van der Waals surface area contributed by atoms with Crippen molar-refractivity contribution in [2.24, 2.45) is 0 Å². The highest BCUT2D eigenvalue weighted by molar-refractivity contribution is 6.31. The Hall–Kier alpha value is -2.73. The van der Waals surface area contributed by atoms with E-state index in [9.17, 15) is 9.59 Å². The summed E-state index contributed by atoms with van der Waals surface area (Å²) in [5.41, 5.74) is 1.98. The van der Waals surface area contributed by atoms with Crippen LogP contribution in [0.3, 0.4) is 0 Å². The Morgan fingerprint density at radius 1 is 1.07 bits per heavy atom. The number of ether oxygens (including phenoxy) is 2. The van der Waals surface area contributed by atoms with Crippen molar-refractivity contribution in [3.8, 4) is 5.75 Å². The Kier molecular flexibility index (Phi) is 6.76. The SMILES string of the molecule is COc1ccc(Cl)cc1C(=O)OCC(=O)Nc1ccc(N2CCCCC2)cc1. The summed E-state index contributed by atoms with van der Waals surface area (Å²) in [5.74, 6) is -0.752. The van der Waals surface area contributed by atoms with Crippen LogP contribution in [0.4, 0.5) is 11.4 Å². The van der Waals surface area contributed by atoms with E-state index in [2.05, 4.69) is 10.2 Å². The van der Waals surface area contributed by atoms with E-state index >= 15 is 0 Å². The van der Waals surface area contributed by atoms with Crippen molar-refractivity contribution in [1.29, 1.82) is 0 Å². The van der Waals surface area contributed by atoms with E-state index in [-0.39, 0.29) is 5.56 Å². The number of carbonyl (C=O) groups excluding carboxylic acids is 2. The minimum Gasteiger partial charge on any atom is -0.496 e. The molecule has 1 amide bonds. The maximum atomic E-state index is 12.2. The largest absolute Gasteiger partial charge is 0.496 e. The van der Waals surface area contributed by atoms with Crippen LogP contribution in [-0.4, -0.2) is 38.7 Å². The zero-order valence-electron chi connectivity index (χ0n) is 15.7. The van der Waals surface area contributed by atoms with Gasteiger partial charge in [0.2, 0.25) is 0 Å². The Balaban J connectivity index is 1.53. The molecule has 3 rings (SSSR count). The molecular formula is C21H23ClN2O4. The van der Waals surface area contributed by atoms with Crippen LogP contribution in [0.5, 0.6) is 5.75 Å². The van der Waals surface area contributed by atoms with Crippen molar-refractivity contribution in [2.75, 3.05) is 37.0 Å². The standard InChI is InChI=1S/C21H23ClN2O4/c1-27-19-10-5-15(22)13-18(19)21(26)28-14-20(25)23-16-6-8-17(9-7-16)24-11-3-2-4-12-24/h5-10,13H,2-4,11-12,14H2,1H3,(H,23,25). The van der Waals surface area contributed by atoms with Crippen LogP contribution in [0.25, 0.3) is 0 Å². The first kappa shape index (κ1) is 20.0. The van der Waals surface area contributed by atoms with Gasteiger partial charge in [0, 0.05) is 29.5 Å². The second kappa shape index (κ2) is 9.46. The summed E-state index contributed by atoms with van der Waals surface area (Å²) in [4.78, 5) is 26.6. The molecule has 0 unspecified atom stereocenters. The van der Waals surface area contributed by atoms with E-state index in [1.54, 1.807) is 12.1 Å². The number of piperidine rings is 1. The van der Waals surface area contributed by atoms with Crippen molar-refractivity contribution in [3.63, 3.8) is 0 Å². The lowest BCUT2D eigenvalue weighted by atomic mass is 10.1. The van der Waals surface area contributed by atoms with Gasteiger partial charge in [-0.05, 0) is 61.7 Å². The molecule has 0 aliphatic carbocycles. The van der Waals surface area contributed by atoms with Crippen LogP contribution < -0.4 is 15.0 Å². The number of halogens is 1. The van der Waals surface area contributed by atoms with Gasteiger partial charge in [-0.25, -0.2) is 4.79 Å². The van der Waals surface area contributed by atoms with Gasteiger partial charge in [0.1, 0.15) is 11.3 Å². The second-order valence-corrected chi connectivity index (χ2v) is 7.00. The Morgan fingerprint density at radius 2 is 1.79 bits per heavy atom. The van der Waals surface area contributed by atoms with E-state index in [1.165, 1.54) is 32.4 Å². The van der Waals surface area contributed by atoms with Gasteiger partial charge in [0.15, 0.2) is 6.61 Å². The molecule has 1 fully saturated rings. The fraction of sp³-hybridized carbons (Fsp3) is 0.333. The highest BCUT2D eigenvalue weighted by Gasteiger charge is 2.16. The number of esters is 1. The van der Waals surface area contributed by atoms with Gasteiger partial charge in [-0.2, -0.15) is 0 Å². The minimum atomic E-state index is -0.671. The van der Waals surface area contributed by atoms with Crippen LogP contribution in [0.1, 0.15) is 29.6 Å². The number of carbonyl (C=O) groups is 2. The summed E-state index contributed by atoms with van der Waals surface area (Å²) in [6.45, 7) is 1.73. The van der Waals surface area contributed by atoms with Gasteiger partial charge in [0.05, 0.1) is 7.11 Å². The number of hydrogen-bond donors (Lipinski definition) is 1. The van der Waals surface area contributed by atoms with E-state index < -0.39 is 18.5 Å². The number of anilines is 2. The molecule has 0 saturated carbocycles. The average molecular weight is 403 g/mol. The van der Waals surface area contributed by atoms with Crippen molar-refractivity contribution >= 4 is 34.9 Å². The summed E-state index contributed by atoms with van der Waals surface area (Å²) in [6.07, 6.45) is 3.70. The fourth-order valence-electron chi connectivity index (χ4n) is 3.15. The number of benzene rings is 2. The van der Waals surface area contributed by atoms with Gasteiger partial charge in [-0.3, -0.25) is 4.79 Å². The van der Waals surface area contributed by atoms with E-state index in [0.717, 1.165) is 18.8 Å². The van der Waals surface area contributed by atoms with E-state index in [4.69, 9.17) is 21.1 Å². The first-order valence-electron chi connectivity index (χ1n) is 9.22. The lowest BCUT2D eigenvalue weighted by Gasteiger charge is -2.28. The van der Waals surface area contributed by atoms with Crippen LogP contribution in [0, 0.1) is 0 Å². The molecule has 2 aromatic rings. The molecule has 1 heterocycles. The van der Waals surface area contributed by atoms with Gasteiger partial charge in [-0.15, -0.1) is 0 Å². The van der Waals surface area contributed by atoms with Gasteiger partial charge < -0.3 is 19.7 Å². The summed E-state index contributed by atoms with van der Waals surface area (Å²) in [7, 11) is 1.44. The lowest BCUT2D eigenvalue weighted by Crippen LogP contribution is -2.29. The number of amides is 1. The third-order valence-corrected chi connectivity index (χ3v) is 4.82. The molecule has 0 atom stereocenters. The van der Waals surface area contributed by atoms with Crippen molar-refractivity contribution in [1.82, 2.24) is 0 Å². The Morgan fingerprint density at radius 3 is 2.46 bits per heavy atom. The normalized spacial score (nSPS) is 13.7. The van der Waals surface area contributed by atoms with Crippen LogP contribution >= 0.6 is 11.6 Å². The van der Waals surface area contributed by atoms with Crippen molar-refractivity contribution in [2.45, 2.75) is 19.3 Å². The fourth-order valence-corrected chi connectivity index (χ4v) is 3.33. The molecule has 1 N–H and O–H groups in total. The molecular weight excluding hydrogens is 380 g/mol. The highest BCUT2D eigenvalue weighted by atomic mass is 35.5. The Bertz CT molecular complexity index is 833. The first-order chi connectivity index (χ1) is 13.6. The molecule has 0 bridgehead atoms. The average Bonchev–Trinajstić information content (AvgIpc) is 2.73. The molecule has 0 aromatic heterocycles. The Labute approximate surface area is 169 Å². The monoisotopic (exact) mass is 402 g/mol. The number of nitrogens with zero attached hydrogens (tertiary/aromatic N) is 1. The lowest BCUT2D eigenvalue weighted by molar-refractivity contribution is -0.119. The number of hydrogen-bond acceptors (Lipinski definition) is 5. The summed E-state index contributed by atoms with van der Waals surface area (Å²) >= 11 is 5.91. The molecule has 1 aliphatic rings. The molecule has 0 spiro atoms. The number of nitrogens with one attached hydrogen (secondary N) is 1. The molecule has 0 radical (unpaired) electrons. The van der Waals surface area contributed by atoms with Gasteiger partial charge >= 0.3 is 5.97 Å². The predicted octanol–water partition coefficient (Wildman–Crippen LogP) is 4.13. The van der Waals surface area contributed by atoms with Crippen LogP contribution in [-0.2, 0) is 9.53 Å². The highest BCUT2D eigenvalue weighted by Crippen LogP contribution is 2.24. The van der Waals surface area contributed by atoms with Crippen molar-refractivity contribution in [3.05, 3.63) is 53.1 Å². The molecule has 1 saturated heterocycles. The molecule has 148 valence electrons. The van der Waals surface area contributed by atoms with Crippen molar-refractivity contribution < 1.29 is 19.1 Å². The number of rotatable bonds is 6. The van der Waals surface area contributed by atoms with E-state index in [1.807, 2.05) is 24.3 Å². The predicted molar refractivity (Wildman–Crippen MR) is 109 cm³/mol. The third-order valence-electron chi connectivity index (χ3n) is 4.59. The summed E-state index contributed by atoms with van der Waals surface area (Å²) in [6, 6.07) is 12.3. The number of methoxy groups -OCH3 is 1. The topological polar surface area (TPSA) is 67.9 Å². The van der Waals surface area contributed by atoms with E-state index in [0.29, 0.717) is 16.5 Å². The molecule has 6 nitrogen and oxygen atoms in total. The smallest absolute Gasteiger partial charge is 0.342 e. The van der Waals surface area contributed by atoms with Gasteiger partial charge in [0.25, 0.3) is 5.91 Å². The van der Waals surface area contributed by atoms with Crippen LogP contribution in [0.15, 0.2) is 42.5 Å². The summed E-state index contributed by atoms with van der Waals surface area (Å²) < 4.78 is 10.2. The van der Waals surface area contributed by atoms with Gasteiger partial charge in [-0.1, -0.05) is 11.6 Å². The summed E-state index contributed by atoms with van der Waals surface area (Å²) in [5, 5.41) is 3.11. The minimum absolute atomic E-state index is 0.175. The molecule has 28 heavy (non-hydrogen) atoms. The quantitative estimate of drug-likeness (QED) is 0.735. The third kappa shape index (κ3) is 5.16. The zero-order valence-corrected chi connectivity index (χ0v) is 16.5.